The minimum absolute atomic E-state index is 0.0131. The van der Waals surface area contributed by atoms with Crippen LogP contribution in [0.1, 0.15) is 15.9 Å². The second-order valence-electron chi connectivity index (χ2n) is 5.03. The zero-order chi connectivity index (χ0) is 17.0. The third-order valence-corrected chi connectivity index (χ3v) is 4.42. The predicted molar refractivity (Wildman–Crippen MR) is 86.4 cm³/mol. The molecule has 2 aromatic carbocycles. The molecule has 0 aliphatic carbocycles. The van der Waals surface area contributed by atoms with Crippen molar-refractivity contribution in [3.05, 3.63) is 59.7 Å². The maximum atomic E-state index is 12.4. The lowest BCUT2D eigenvalue weighted by atomic mass is 10.2. The zero-order valence-corrected chi connectivity index (χ0v) is 13.5. The van der Waals surface area contributed by atoms with Crippen LogP contribution in [-0.4, -0.2) is 33.3 Å². The summed E-state index contributed by atoms with van der Waals surface area (Å²) in [4.78, 5) is 13.3. The quantitative estimate of drug-likeness (QED) is 0.929. The third-order valence-electron chi connectivity index (χ3n) is 3.04. The molecule has 0 radical (unpaired) electrons. The van der Waals surface area contributed by atoms with Gasteiger partial charge in [-0.1, -0.05) is 12.1 Å². The molecule has 7 heteroatoms. The molecule has 0 spiro atoms. The van der Waals surface area contributed by atoms with E-state index in [1.807, 2.05) is 6.07 Å². The number of anilines is 1. The summed E-state index contributed by atoms with van der Waals surface area (Å²) >= 11 is 0. The van der Waals surface area contributed by atoms with Crippen LogP contribution in [0, 0.1) is 11.3 Å². The van der Waals surface area contributed by atoms with Crippen molar-refractivity contribution in [1.82, 2.24) is 4.90 Å². The second kappa shape index (κ2) is 6.50. The molecule has 0 bridgehead atoms. The topological polar surface area (TPSA) is 90.3 Å². The third kappa shape index (κ3) is 3.87. The van der Waals surface area contributed by atoms with Crippen molar-refractivity contribution < 1.29 is 13.2 Å². The Bertz CT molecular complexity index is 883. The van der Waals surface area contributed by atoms with Gasteiger partial charge in [0.15, 0.2) is 0 Å². The second-order valence-corrected chi connectivity index (χ2v) is 6.71. The highest BCUT2D eigenvalue weighted by Gasteiger charge is 2.16. The number of amides is 1. The molecule has 118 valence electrons. The van der Waals surface area contributed by atoms with E-state index < -0.39 is 10.0 Å². The highest BCUT2D eigenvalue weighted by atomic mass is 32.2. The fraction of sp³-hybridized carbons (Fsp3) is 0.125. The number of nitriles is 1. The minimum atomic E-state index is -3.83. The molecular formula is C16H15N3O3S. The molecule has 1 N–H and O–H groups in total. The molecule has 0 aliphatic rings. The van der Waals surface area contributed by atoms with Crippen LogP contribution in [0.25, 0.3) is 0 Å². The summed E-state index contributed by atoms with van der Waals surface area (Å²) in [5, 5.41) is 8.86. The predicted octanol–water partition coefficient (Wildman–Crippen LogP) is 2.06. The lowest BCUT2D eigenvalue weighted by Gasteiger charge is -2.12. The molecule has 0 heterocycles. The highest BCUT2D eigenvalue weighted by molar-refractivity contribution is 7.92. The lowest BCUT2D eigenvalue weighted by molar-refractivity contribution is 0.0827. The Morgan fingerprint density at radius 2 is 1.83 bits per heavy atom. The molecule has 6 nitrogen and oxygen atoms in total. The van der Waals surface area contributed by atoms with Gasteiger partial charge in [-0.05, 0) is 36.4 Å². The number of nitrogens with zero attached hydrogens (tertiary/aromatic N) is 2. The molecule has 23 heavy (non-hydrogen) atoms. The standard InChI is InChI=1S/C16H15N3O3S/c1-19(2)16(20)13-6-4-7-14(10-13)18-23(21,22)15-8-3-5-12(9-15)11-17/h3-10,18H,1-2H3. The summed E-state index contributed by atoms with van der Waals surface area (Å²) in [7, 11) is -0.599. The highest BCUT2D eigenvalue weighted by Crippen LogP contribution is 2.18. The Kier molecular flexibility index (Phi) is 4.67. The Balaban J connectivity index is 2.32. The average Bonchev–Trinajstić information content (AvgIpc) is 2.54. The first kappa shape index (κ1) is 16.5. The van der Waals surface area contributed by atoms with Crippen LogP contribution in [0.15, 0.2) is 53.4 Å². The summed E-state index contributed by atoms with van der Waals surface area (Å²) in [6.45, 7) is 0. The Morgan fingerprint density at radius 3 is 2.48 bits per heavy atom. The molecule has 0 fully saturated rings. The van der Waals surface area contributed by atoms with Crippen molar-refractivity contribution in [2.45, 2.75) is 4.90 Å². The van der Waals surface area contributed by atoms with Gasteiger partial charge in [-0.3, -0.25) is 9.52 Å². The van der Waals surface area contributed by atoms with Gasteiger partial charge in [0.2, 0.25) is 0 Å². The average molecular weight is 329 g/mol. The largest absolute Gasteiger partial charge is 0.345 e. The number of carbonyl (C=O) groups excluding carboxylic acids is 1. The van der Waals surface area contributed by atoms with Gasteiger partial charge < -0.3 is 4.90 Å². The van der Waals surface area contributed by atoms with Gasteiger partial charge in [0.25, 0.3) is 15.9 Å². The van der Waals surface area contributed by atoms with Crippen LogP contribution in [0.2, 0.25) is 0 Å². The molecule has 0 atom stereocenters. The van der Waals surface area contributed by atoms with Crippen LogP contribution >= 0.6 is 0 Å². The van der Waals surface area contributed by atoms with E-state index in [1.165, 1.54) is 35.2 Å². The van der Waals surface area contributed by atoms with Crippen molar-refractivity contribution >= 4 is 21.6 Å². The molecule has 2 aromatic rings. The molecule has 0 aromatic heterocycles. The summed E-state index contributed by atoms with van der Waals surface area (Å²) in [5.41, 5.74) is 0.908. The van der Waals surface area contributed by atoms with Crippen molar-refractivity contribution in [2.75, 3.05) is 18.8 Å². The number of sulfonamides is 1. The maximum absolute atomic E-state index is 12.4. The molecule has 0 unspecified atom stereocenters. The van der Waals surface area contributed by atoms with E-state index in [1.54, 1.807) is 32.3 Å². The van der Waals surface area contributed by atoms with Crippen molar-refractivity contribution in [1.29, 1.82) is 5.26 Å². The van der Waals surface area contributed by atoms with Gasteiger partial charge in [0.05, 0.1) is 16.5 Å². The Hall–Kier alpha value is -2.85. The fourth-order valence-electron chi connectivity index (χ4n) is 1.92. The van der Waals surface area contributed by atoms with E-state index >= 15 is 0 Å². The van der Waals surface area contributed by atoms with Gasteiger partial charge in [-0.25, -0.2) is 8.42 Å². The van der Waals surface area contributed by atoms with E-state index in [0.717, 1.165) is 0 Å². The number of nitrogens with one attached hydrogen (secondary N) is 1. The van der Waals surface area contributed by atoms with E-state index in [0.29, 0.717) is 5.56 Å². The smallest absolute Gasteiger partial charge is 0.261 e. The van der Waals surface area contributed by atoms with E-state index in [9.17, 15) is 13.2 Å². The van der Waals surface area contributed by atoms with Gasteiger partial charge in [-0.2, -0.15) is 5.26 Å². The molecule has 0 aliphatic heterocycles. The number of benzene rings is 2. The van der Waals surface area contributed by atoms with Crippen molar-refractivity contribution in [3.8, 4) is 6.07 Å². The summed E-state index contributed by atoms with van der Waals surface area (Å²) in [6, 6.07) is 13.8. The van der Waals surface area contributed by atoms with Crippen LogP contribution in [0.5, 0.6) is 0 Å². The first-order valence-corrected chi connectivity index (χ1v) is 8.16. The van der Waals surface area contributed by atoms with Crippen LogP contribution in [0.4, 0.5) is 5.69 Å². The van der Waals surface area contributed by atoms with E-state index in [2.05, 4.69) is 4.72 Å². The zero-order valence-electron chi connectivity index (χ0n) is 12.6. The van der Waals surface area contributed by atoms with Gasteiger partial charge in [0.1, 0.15) is 0 Å². The molecule has 0 saturated heterocycles. The van der Waals surface area contributed by atoms with Gasteiger partial charge >= 0.3 is 0 Å². The minimum Gasteiger partial charge on any atom is -0.345 e. The van der Waals surface area contributed by atoms with Gasteiger partial charge in [0, 0.05) is 25.3 Å². The van der Waals surface area contributed by atoms with Crippen molar-refractivity contribution in [2.24, 2.45) is 0 Å². The maximum Gasteiger partial charge on any atom is 0.261 e. The fourth-order valence-corrected chi connectivity index (χ4v) is 3.02. The summed E-state index contributed by atoms with van der Waals surface area (Å²) < 4.78 is 27.1. The number of hydrogen-bond acceptors (Lipinski definition) is 4. The van der Waals surface area contributed by atoms with Crippen LogP contribution < -0.4 is 4.72 Å². The Labute approximate surface area is 135 Å². The summed E-state index contributed by atoms with van der Waals surface area (Å²) in [6.07, 6.45) is 0. The Morgan fingerprint density at radius 1 is 1.13 bits per heavy atom. The monoisotopic (exact) mass is 329 g/mol. The SMILES string of the molecule is CN(C)C(=O)c1cccc(NS(=O)(=O)c2cccc(C#N)c2)c1. The van der Waals surface area contributed by atoms with Crippen LogP contribution in [-0.2, 0) is 10.0 Å². The molecule has 1 amide bonds. The first-order chi connectivity index (χ1) is 10.8. The number of hydrogen-bond donors (Lipinski definition) is 1. The molecule has 2 rings (SSSR count). The number of rotatable bonds is 4. The number of carbonyl (C=O) groups is 1. The molecular weight excluding hydrogens is 314 g/mol. The van der Waals surface area contributed by atoms with Crippen molar-refractivity contribution in [3.63, 3.8) is 0 Å². The van der Waals surface area contributed by atoms with E-state index in [4.69, 9.17) is 5.26 Å². The van der Waals surface area contributed by atoms with Gasteiger partial charge in [-0.15, -0.1) is 0 Å². The van der Waals surface area contributed by atoms with E-state index in [-0.39, 0.29) is 22.1 Å². The van der Waals surface area contributed by atoms with Crippen LogP contribution in [0.3, 0.4) is 0 Å². The lowest BCUT2D eigenvalue weighted by Crippen LogP contribution is -2.22. The molecule has 0 saturated carbocycles. The normalized spacial score (nSPS) is 10.7. The first-order valence-electron chi connectivity index (χ1n) is 6.68. The summed E-state index contributed by atoms with van der Waals surface area (Å²) in [5.74, 6) is -0.225.